The molecule has 0 aliphatic heterocycles. The highest BCUT2D eigenvalue weighted by Gasteiger charge is 2.38. The van der Waals surface area contributed by atoms with E-state index in [0.717, 1.165) is 87.7 Å². The molecular formula is C83H98Br2Cl2N2O4. The number of hydrogen-bond acceptors (Lipinski definition) is 4. The third kappa shape index (κ3) is 14.3. The number of aromatic nitrogens is 2. The number of aromatic hydroxyl groups is 2. The molecule has 6 nitrogen and oxygen atoms in total. The fourth-order valence-corrected chi connectivity index (χ4v) is 16.2. The molecule has 2 aromatic heterocycles. The van der Waals surface area contributed by atoms with E-state index in [1.54, 1.807) is 0 Å². The number of ether oxygens (including phenoxy) is 2. The number of halogens is 4. The molecule has 0 aliphatic rings. The molecule has 0 saturated carbocycles. The van der Waals surface area contributed by atoms with Gasteiger partial charge in [0.15, 0.2) is 23.0 Å². The molecule has 0 amide bonds. The minimum atomic E-state index is -0.488. The fourth-order valence-electron chi connectivity index (χ4n) is 14.5. The summed E-state index contributed by atoms with van der Waals surface area (Å²) in [5, 5.41) is 32.6. The van der Waals surface area contributed by atoms with Gasteiger partial charge in [-0.15, -0.1) is 0 Å². The van der Waals surface area contributed by atoms with Crippen LogP contribution in [0.5, 0.6) is 23.0 Å². The van der Waals surface area contributed by atoms with E-state index in [1.807, 2.05) is 36.4 Å². The van der Waals surface area contributed by atoms with Crippen molar-refractivity contribution in [3.05, 3.63) is 174 Å². The molecule has 10 heteroatoms. The maximum atomic E-state index is 13.5. The van der Waals surface area contributed by atoms with Gasteiger partial charge < -0.3 is 28.8 Å². The summed E-state index contributed by atoms with van der Waals surface area (Å²) < 4.78 is 21.1. The number of phenolic OH excluding ortho intramolecular Hbond substituents is 2. The summed E-state index contributed by atoms with van der Waals surface area (Å²) >= 11 is 21.3. The van der Waals surface area contributed by atoms with Crippen molar-refractivity contribution < 1.29 is 19.7 Å². The lowest BCUT2D eigenvalue weighted by molar-refractivity contribution is 0.229. The van der Waals surface area contributed by atoms with Crippen LogP contribution in [-0.2, 0) is 32.5 Å². The molecule has 10 rings (SSSR count). The van der Waals surface area contributed by atoms with E-state index in [4.69, 9.17) is 32.7 Å². The highest BCUT2D eigenvalue weighted by atomic mass is 79.9. The molecule has 0 atom stereocenters. The lowest BCUT2D eigenvalue weighted by Crippen LogP contribution is -2.27. The first-order valence-electron chi connectivity index (χ1n) is 33.0. The van der Waals surface area contributed by atoms with Gasteiger partial charge in [0.25, 0.3) is 0 Å². The number of rotatable bonds is 14. The van der Waals surface area contributed by atoms with Gasteiger partial charge in [-0.2, -0.15) is 0 Å². The first kappa shape index (κ1) is 69.9. The second-order valence-electron chi connectivity index (χ2n) is 34.2. The smallest absolute Gasteiger partial charge is 0.151 e. The summed E-state index contributed by atoms with van der Waals surface area (Å²) in [6.07, 6.45) is 2.05. The van der Waals surface area contributed by atoms with Crippen LogP contribution in [-0.4, -0.2) is 32.6 Å². The molecule has 8 aromatic carbocycles. The lowest BCUT2D eigenvalue weighted by atomic mass is 9.71. The average Bonchev–Trinajstić information content (AvgIpc) is 1.62. The number of fused-ring (bicyclic) bond motifs is 6. The van der Waals surface area contributed by atoms with Crippen molar-refractivity contribution in [1.82, 2.24) is 9.13 Å². The molecule has 0 saturated heterocycles. The quantitative estimate of drug-likeness (QED) is 0.106. The summed E-state index contributed by atoms with van der Waals surface area (Å²) in [7, 11) is 0. The topological polar surface area (TPSA) is 68.8 Å². The third-order valence-corrected chi connectivity index (χ3v) is 19.8. The van der Waals surface area contributed by atoms with Crippen molar-refractivity contribution in [1.29, 1.82) is 0 Å². The summed E-state index contributed by atoms with van der Waals surface area (Å²) in [6, 6.07) is 43.1. The van der Waals surface area contributed by atoms with Gasteiger partial charge in [0.2, 0.25) is 0 Å². The Labute approximate surface area is 581 Å². The summed E-state index contributed by atoms with van der Waals surface area (Å²) in [4.78, 5) is 0. The van der Waals surface area contributed by atoms with Crippen molar-refractivity contribution in [2.45, 2.75) is 204 Å². The van der Waals surface area contributed by atoms with Gasteiger partial charge in [-0.05, 0) is 187 Å². The van der Waals surface area contributed by atoms with E-state index in [1.165, 1.54) is 22.3 Å². The third-order valence-electron chi connectivity index (χ3n) is 18.4. The molecular weight excluding hydrogens is 1320 g/mol. The van der Waals surface area contributed by atoms with Crippen molar-refractivity contribution in [2.75, 3.05) is 13.2 Å². The predicted octanol–water partition coefficient (Wildman–Crippen LogP) is 25.9. The van der Waals surface area contributed by atoms with Crippen LogP contribution in [0.25, 0.3) is 77.2 Å². The molecule has 0 spiro atoms. The van der Waals surface area contributed by atoms with Gasteiger partial charge in [0.1, 0.15) is 11.4 Å². The molecule has 0 bridgehead atoms. The van der Waals surface area contributed by atoms with Gasteiger partial charge in [-0.1, -0.05) is 232 Å². The predicted molar refractivity (Wildman–Crippen MR) is 406 cm³/mol. The lowest BCUT2D eigenvalue weighted by Gasteiger charge is -2.36. The number of hydrogen-bond donors (Lipinski definition) is 2. The van der Waals surface area contributed by atoms with E-state index in [0.29, 0.717) is 50.5 Å². The zero-order valence-electron chi connectivity index (χ0n) is 59.2. The molecule has 93 heavy (non-hydrogen) atoms. The fraction of sp³-hybridized carbons (Fsp3) is 0.422. The van der Waals surface area contributed by atoms with E-state index in [9.17, 15) is 10.2 Å². The maximum Gasteiger partial charge on any atom is 0.151 e. The zero-order chi connectivity index (χ0) is 68.4. The molecule has 2 N–H and O–H groups in total. The Balaban J connectivity index is 1.21. The SMILES string of the molecule is CC(C)(C)CC(C)(C)c1cc(-c2cc(Cl)cc(Br)c2)c(O)c(-n2c3ccc(C(C)(C)C)cc3c3cc(C(C)(C)C)ccc32)c1OCCCOc1c(C(C)(C)CC(C)(C)C)cc(-c2cc(Cl)cc(Br)c2)c(O)c1-n1c2ccc(C(C)(C)C)cc2c2cc(C(C)(C)C)ccc21. The van der Waals surface area contributed by atoms with Gasteiger partial charge in [0, 0.05) is 69.2 Å². The minimum absolute atomic E-state index is 0.0809. The highest BCUT2D eigenvalue weighted by Crippen LogP contribution is 2.55. The monoisotopic (exact) mass is 1410 g/mol. The Morgan fingerprint density at radius 3 is 0.903 bits per heavy atom. The second kappa shape index (κ2) is 24.6. The molecule has 0 aliphatic carbocycles. The van der Waals surface area contributed by atoms with Crippen molar-refractivity contribution in [3.8, 4) is 56.6 Å². The molecule has 492 valence electrons. The van der Waals surface area contributed by atoms with Crippen LogP contribution in [0, 0.1) is 10.8 Å². The second-order valence-corrected chi connectivity index (χ2v) is 36.9. The molecule has 2 heterocycles. The van der Waals surface area contributed by atoms with Crippen LogP contribution < -0.4 is 9.47 Å². The Kier molecular flexibility index (Phi) is 18.5. The Bertz CT molecular complexity index is 4080. The zero-order valence-corrected chi connectivity index (χ0v) is 63.9. The van der Waals surface area contributed by atoms with Crippen molar-refractivity contribution in [3.63, 3.8) is 0 Å². The van der Waals surface area contributed by atoms with Gasteiger partial charge in [0.05, 0.1) is 35.3 Å². The largest absolute Gasteiger partial charge is 0.505 e. The van der Waals surface area contributed by atoms with E-state index in [2.05, 4.69) is 278 Å². The maximum absolute atomic E-state index is 13.5. The van der Waals surface area contributed by atoms with Crippen LogP contribution in [0.2, 0.25) is 10.0 Å². The van der Waals surface area contributed by atoms with Crippen LogP contribution in [0.1, 0.15) is 205 Å². The van der Waals surface area contributed by atoms with Gasteiger partial charge in [-0.25, -0.2) is 0 Å². The molecule has 10 aromatic rings. The number of phenols is 2. The first-order valence-corrected chi connectivity index (χ1v) is 35.4. The Hall–Kier alpha value is -5.90. The van der Waals surface area contributed by atoms with E-state index < -0.39 is 10.8 Å². The standard InChI is InChI=1S/C83H98Br2Cl2N2O4/c1-76(2,3)46-82(19,20)64-44-58(48-34-54(84)42-56(86)36-48)72(90)70(88-66-28-24-50(78(7,8)9)38-60(66)61-39-51(79(10,11)12)25-29-67(61)88)74(64)92-32-23-33-93-75-65(83(21,22)47-77(4,5)6)45-59(49-35-55(85)43-57(87)37-49)73(91)71(75)89-68-30-26-52(80(13,14)15)40-62(68)63-41-53(81(16,17)18)27-31-69(63)89/h24-31,34-45,90-91H,23,32-33,46-47H2,1-22H3. The first-order chi connectivity index (χ1) is 42.8. The van der Waals surface area contributed by atoms with Crippen molar-refractivity contribution in [2.24, 2.45) is 10.8 Å². The minimum Gasteiger partial charge on any atom is -0.505 e. The van der Waals surface area contributed by atoms with Crippen LogP contribution >= 0.6 is 55.1 Å². The normalized spacial score (nSPS) is 13.4. The van der Waals surface area contributed by atoms with Crippen LogP contribution in [0.15, 0.2) is 130 Å². The van der Waals surface area contributed by atoms with E-state index >= 15 is 0 Å². The molecule has 0 radical (unpaired) electrons. The van der Waals surface area contributed by atoms with Crippen LogP contribution in [0.3, 0.4) is 0 Å². The molecule has 0 unspecified atom stereocenters. The van der Waals surface area contributed by atoms with Gasteiger partial charge in [-0.3, -0.25) is 0 Å². The average molecular weight is 1420 g/mol. The number of benzene rings is 8. The Morgan fingerprint density at radius 2 is 0.656 bits per heavy atom. The highest BCUT2D eigenvalue weighted by molar-refractivity contribution is 9.10. The summed E-state index contributed by atoms with van der Waals surface area (Å²) in [6.45, 7) is 50.4. The van der Waals surface area contributed by atoms with Gasteiger partial charge >= 0.3 is 0 Å². The Morgan fingerprint density at radius 1 is 0.376 bits per heavy atom. The number of nitrogens with zero attached hydrogens (tertiary/aromatic N) is 2. The molecule has 0 fully saturated rings. The van der Waals surface area contributed by atoms with E-state index in [-0.39, 0.29) is 57.2 Å². The summed E-state index contributed by atoms with van der Waals surface area (Å²) in [5.74, 6) is 1.36. The summed E-state index contributed by atoms with van der Waals surface area (Å²) in [5.41, 5.74) is 12.9. The van der Waals surface area contributed by atoms with Crippen molar-refractivity contribution >= 4 is 98.7 Å². The van der Waals surface area contributed by atoms with Crippen LogP contribution in [0.4, 0.5) is 0 Å².